The highest BCUT2D eigenvalue weighted by atomic mass is 19.1. The molecule has 0 unspecified atom stereocenters. The van der Waals surface area contributed by atoms with E-state index < -0.39 is 0 Å². The van der Waals surface area contributed by atoms with Crippen molar-refractivity contribution in [2.45, 2.75) is 32.2 Å². The molecule has 1 aliphatic heterocycles. The summed E-state index contributed by atoms with van der Waals surface area (Å²) in [6.07, 6.45) is 6.61. The third-order valence-electron chi connectivity index (χ3n) is 4.31. The minimum Gasteiger partial charge on any atom is -0.371 e. The number of nitrogens with one attached hydrogen (secondary N) is 1. The monoisotopic (exact) mass is 327 g/mol. The first kappa shape index (κ1) is 16.4. The van der Waals surface area contributed by atoms with Crippen molar-refractivity contribution in [3.63, 3.8) is 0 Å². The van der Waals surface area contributed by atoms with E-state index >= 15 is 0 Å². The standard InChI is InChI=1S/C19H22FN3O/c20-16-7-5-15(6-8-16)14-22-19(24)18-13-17(9-10-21-18)23-11-3-1-2-4-12-23/h5-10,13H,1-4,11-12,14H2,(H,22,24). The second-order valence-electron chi connectivity index (χ2n) is 6.11. The molecule has 0 radical (unpaired) electrons. The molecule has 0 aliphatic carbocycles. The number of pyridine rings is 1. The Morgan fingerprint density at radius 3 is 2.50 bits per heavy atom. The SMILES string of the molecule is O=C(NCc1ccc(F)cc1)c1cc(N2CCCCCC2)ccn1. The van der Waals surface area contributed by atoms with Gasteiger partial charge in [0.2, 0.25) is 0 Å². The van der Waals surface area contributed by atoms with Gasteiger partial charge in [0.05, 0.1) is 0 Å². The molecule has 0 spiro atoms. The maximum Gasteiger partial charge on any atom is 0.270 e. The summed E-state index contributed by atoms with van der Waals surface area (Å²) in [6, 6.07) is 9.92. The Morgan fingerprint density at radius 2 is 1.79 bits per heavy atom. The molecule has 0 saturated carbocycles. The first-order chi connectivity index (χ1) is 11.7. The molecule has 1 fully saturated rings. The molecule has 3 rings (SSSR count). The molecule has 1 aromatic heterocycles. The van der Waals surface area contributed by atoms with Crippen LogP contribution in [0.5, 0.6) is 0 Å². The number of hydrogen-bond donors (Lipinski definition) is 1. The van der Waals surface area contributed by atoms with Crippen molar-refractivity contribution in [1.82, 2.24) is 10.3 Å². The second-order valence-corrected chi connectivity index (χ2v) is 6.11. The lowest BCUT2D eigenvalue weighted by Gasteiger charge is -2.22. The largest absolute Gasteiger partial charge is 0.371 e. The van der Waals surface area contributed by atoms with E-state index in [1.165, 1.54) is 37.8 Å². The Balaban J connectivity index is 1.64. The van der Waals surface area contributed by atoms with Crippen molar-refractivity contribution in [3.8, 4) is 0 Å². The lowest BCUT2D eigenvalue weighted by molar-refractivity contribution is 0.0946. The highest BCUT2D eigenvalue weighted by molar-refractivity contribution is 5.93. The van der Waals surface area contributed by atoms with Gasteiger partial charge in [0.15, 0.2) is 0 Å². The van der Waals surface area contributed by atoms with Crippen molar-refractivity contribution in [2.24, 2.45) is 0 Å². The number of anilines is 1. The van der Waals surface area contributed by atoms with E-state index in [1.807, 2.05) is 12.1 Å². The maximum atomic E-state index is 12.9. The zero-order valence-electron chi connectivity index (χ0n) is 13.7. The molecule has 1 N–H and O–H groups in total. The molecule has 0 atom stereocenters. The van der Waals surface area contributed by atoms with Gasteiger partial charge in [-0.25, -0.2) is 4.39 Å². The third kappa shape index (κ3) is 4.31. The number of aromatic nitrogens is 1. The summed E-state index contributed by atoms with van der Waals surface area (Å²) in [5, 5.41) is 2.83. The molecule has 2 heterocycles. The highest BCUT2D eigenvalue weighted by Gasteiger charge is 2.13. The van der Waals surface area contributed by atoms with Crippen LogP contribution >= 0.6 is 0 Å². The van der Waals surface area contributed by atoms with Crippen LogP contribution in [0.4, 0.5) is 10.1 Å². The van der Waals surface area contributed by atoms with Crippen molar-refractivity contribution < 1.29 is 9.18 Å². The predicted octanol–water partition coefficient (Wildman–Crippen LogP) is 3.53. The van der Waals surface area contributed by atoms with E-state index in [0.29, 0.717) is 12.2 Å². The van der Waals surface area contributed by atoms with Gasteiger partial charge in [0.1, 0.15) is 11.5 Å². The zero-order chi connectivity index (χ0) is 16.8. The average molecular weight is 327 g/mol. The molecular formula is C19H22FN3O. The summed E-state index contributed by atoms with van der Waals surface area (Å²) in [4.78, 5) is 18.8. The van der Waals surface area contributed by atoms with Crippen LogP contribution in [0.2, 0.25) is 0 Å². The van der Waals surface area contributed by atoms with E-state index in [1.54, 1.807) is 18.3 Å². The Morgan fingerprint density at radius 1 is 1.08 bits per heavy atom. The van der Waals surface area contributed by atoms with Gasteiger partial charge in [-0.2, -0.15) is 0 Å². The molecule has 5 heteroatoms. The topological polar surface area (TPSA) is 45.2 Å². The lowest BCUT2D eigenvalue weighted by atomic mass is 10.2. The van der Waals surface area contributed by atoms with E-state index in [-0.39, 0.29) is 11.7 Å². The maximum absolute atomic E-state index is 12.9. The Kier molecular flexibility index (Phi) is 5.41. The first-order valence-electron chi connectivity index (χ1n) is 8.46. The number of nitrogens with zero attached hydrogens (tertiary/aromatic N) is 2. The fourth-order valence-electron chi connectivity index (χ4n) is 2.94. The summed E-state index contributed by atoms with van der Waals surface area (Å²) < 4.78 is 12.9. The number of carbonyl (C=O) groups excluding carboxylic acids is 1. The fraction of sp³-hybridized carbons (Fsp3) is 0.368. The number of carbonyl (C=O) groups is 1. The minimum absolute atomic E-state index is 0.212. The minimum atomic E-state index is -0.281. The van der Waals surface area contributed by atoms with Gasteiger partial charge in [-0.15, -0.1) is 0 Å². The molecule has 24 heavy (non-hydrogen) atoms. The van der Waals surface area contributed by atoms with E-state index in [9.17, 15) is 9.18 Å². The molecular weight excluding hydrogens is 305 g/mol. The average Bonchev–Trinajstić information content (AvgIpc) is 2.90. The number of hydrogen-bond acceptors (Lipinski definition) is 3. The predicted molar refractivity (Wildman–Crippen MR) is 92.5 cm³/mol. The fourth-order valence-corrected chi connectivity index (χ4v) is 2.94. The first-order valence-corrected chi connectivity index (χ1v) is 8.46. The van der Waals surface area contributed by atoms with Gasteiger partial charge < -0.3 is 10.2 Å². The Hall–Kier alpha value is -2.43. The van der Waals surface area contributed by atoms with Crippen LogP contribution in [0.1, 0.15) is 41.7 Å². The van der Waals surface area contributed by atoms with E-state index in [2.05, 4.69) is 15.2 Å². The second kappa shape index (κ2) is 7.90. The van der Waals surface area contributed by atoms with Crippen LogP contribution in [-0.4, -0.2) is 24.0 Å². The Labute approximate surface area is 141 Å². The Bertz CT molecular complexity index is 679. The molecule has 1 aromatic carbocycles. The van der Waals surface area contributed by atoms with Crippen molar-refractivity contribution >= 4 is 11.6 Å². The van der Waals surface area contributed by atoms with Crippen LogP contribution < -0.4 is 10.2 Å². The van der Waals surface area contributed by atoms with Gasteiger partial charge >= 0.3 is 0 Å². The highest BCUT2D eigenvalue weighted by Crippen LogP contribution is 2.19. The van der Waals surface area contributed by atoms with Gasteiger partial charge in [-0.1, -0.05) is 25.0 Å². The van der Waals surface area contributed by atoms with Crippen molar-refractivity contribution in [3.05, 3.63) is 59.7 Å². The number of amides is 1. The number of rotatable bonds is 4. The third-order valence-corrected chi connectivity index (χ3v) is 4.31. The molecule has 1 amide bonds. The van der Waals surface area contributed by atoms with E-state index in [0.717, 1.165) is 24.3 Å². The van der Waals surface area contributed by atoms with Gasteiger partial charge in [-0.05, 0) is 42.7 Å². The summed E-state index contributed by atoms with van der Waals surface area (Å²) in [7, 11) is 0. The van der Waals surface area contributed by atoms with Crippen LogP contribution in [0, 0.1) is 5.82 Å². The van der Waals surface area contributed by atoms with Gasteiger partial charge in [-0.3, -0.25) is 9.78 Å². The molecule has 4 nitrogen and oxygen atoms in total. The van der Waals surface area contributed by atoms with Crippen LogP contribution in [0.25, 0.3) is 0 Å². The molecule has 126 valence electrons. The zero-order valence-corrected chi connectivity index (χ0v) is 13.7. The normalized spacial score (nSPS) is 15.0. The van der Waals surface area contributed by atoms with Crippen molar-refractivity contribution in [2.75, 3.05) is 18.0 Å². The quantitative estimate of drug-likeness (QED) is 0.934. The molecule has 2 aromatic rings. The van der Waals surface area contributed by atoms with Gasteiger partial charge in [0.25, 0.3) is 5.91 Å². The van der Waals surface area contributed by atoms with Crippen LogP contribution in [0.3, 0.4) is 0 Å². The smallest absolute Gasteiger partial charge is 0.270 e. The molecule has 1 aliphatic rings. The lowest BCUT2D eigenvalue weighted by Crippen LogP contribution is -2.26. The molecule has 1 saturated heterocycles. The van der Waals surface area contributed by atoms with Gasteiger partial charge in [0, 0.05) is 31.5 Å². The summed E-state index contributed by atoms with van der Waals surface area (Å²) in [5.74, 6) is -0.493. The van der Waals surface area contributed by atoms with Crippen LogP contribution in [0.15, 0.2) is 42.6 Å². The van der Waals surface area contributed by atoms with E-state index in [4.69, 9.17) is 0 Å². The number of benzene rings is 1. The molecule has 0 bridgehead atoms. The summed E-state index contributed by atoms with van der Waals surface area (Å²) >= 11 is 0. The van der Waals surface area contributed by atoms with Crippen molar-refractivity contribution in [1.29, 1.82) is 0 Å². The summed E-state index contributed by atoms with van der Waals surface area (Å²) in [5.41, 5.74) is 2.33. The van der Waals surface area contributed by atoms with Crippen LogP contribution in [-0.2, 0) is 6.54 Å². The summed E-state index contributed by atoms with van der Waals surface area (Å²) in [6.45, 7) is 2.41. The number of halogens is 1.